The van der Waals surface area contributed by atoms with E-state index in [0.29, 0.717) is 28.8 Å². The molecule has 2 nitrogen and oxygen atoms in total. The minimum absolute atomic E-state index is 0.361. The molecule has 0 radical (unpaired) electrons. The molecule has 2 heterocycles. The van der Waals surface area contributed by atoms with Crippen molar-refractivity contribution >= 4 is 29.0 Å². The second-order valence-corrected chi connectivity index (χ2v) is 6.12. The molecule has 1 aliphatic rings. The molecule has 0 spiro atoms. The number of aromatic nitrogens is 1. The number of halogens is 2. The van der Waals surface area contributed by atoms with Crippen LogP contribution in [0.1, 0.15) is 32.9 Å². The predicted octanol–water partition coefficient (Wildman–Crippen LogP) is 4.34. The molecule has 1 aromatic rings. The molecule has 3 atom stereocenters. The SMILES string of the molecule is CC1CC(C)C(C)N(c2ccc(Cl)c(CCl)n2)C1. The summed E-state index contributed by atoms with van der Waals surface area (Å²) in [7, 11) is 0. The molecule has 1 aromatic heterocycles. The van der Waals surface area contributed by atoms with Crippen LogP contribution in [0.2, 0.25) is 5.02 Å². The van der Waals surface area contributed by atoms with Crippen LogP contribution in [0, 0.1) is 11.8 Å². The van der Waals surface area contributed by atoms with Gasteiger partial charge in [0.2, 0.25) is 0 Å². The van der Waals surface area contributed by atoms with E-state index in [-0.39, 0.29) is 0 Å². The summed E-state index contributed by atoms with van der Waals surface area (Å²) in [4.78, 5) is 6.98. The van der Waals surface area contributed by atoms with Crippen LogP contribution in [-0.4, -0.2) is 17.6 Å². The van der Waals surface area contributed by atoms with Gasteiger partial charge in [-0.15, -0.1) is 11.6 Å². The lowest BCUT2D eigenvalue weighted by molar-refractivity contribution is 0.295. The van der Waals surface area contributed by atoms with Gasteiger partial charge in [-0.1, -0.05) is 25.4 Å². The first-order chi connectivity index (χ1) is 8.52. The predicted molar refractivity (Wildman–Crippen MR) is 78.6 cm³/mol. The topological polar surface area (TPSA) is 16.1 Å². The van der Waals surface area contributed by atoms with E-state index in [1.807, 2.05) is 12.1 Å². The molecule has 0 aliphatic carbocycles. The molecule has 2 rings (SSSR count). The first-order valence-electron chi connectivity index (χ1n) is 6.51. The first kappa shape index (κ1) is 14.0. The normalized spacial score (nSPS) is 28.5. The van der Waals surface area contributed by atoms with Crippen LogP contribution >= 0.6 is 23.2 Å². The average molecular weight is 287 g/mol. The zero-order valence-corrected chi connectivity index (χ0v) is 12.7. The highest BCUT2D eigenvalue weighted by Gasteiger charge is 2.29. The molecule has 3 unspecified atom stereocenters. The van der Waals surface area contributed by atoms with Crippen LogP contribution in [0.4, 0.5) is 5.82 Å². The number of hydrogen-bond acceptors (Lipinski definition) is 2. The van der Waals surface area contributed by atoms with E-state index in [9.17, 15) is 0 Å². The van der Waals surface area contributed by atoms with Gasteiger partial charge in [-0.3, -0.25) is 0 Å². The van der Waals surface area contributed by atoms with Crippen molar-refractivity contribution in [3.8, 4) is 0 Å². The molecule has 100 valence electrons. The van der Waals surface area contributed by atoms with Crippen LogP contribution < -0.4 is 4.90 Å². The highest BCUT2D eigenvalue weighted by molar-refractivity contribution is 6.32. The number of anilines is 1. The molecule has 0 amide bonds. The maximum Gasteiger partial charge on any atom is 0.129 e. The molecule has 0 aromatic carbocycles. The molecule has 1 fully saturated rings. The van der Waals surface area contributed by atoms with Gasteiger partial charge in [-0.05, 0) is 37.3 Å². The van der Waals surface area contributed by atoms with Gasteiger partial charge >= 0.3 is 0 Å². The lowest BCUT2D eigenvalue weighted by Gasteiger charge is -2.42. The lowest BCUT2D eigenvalue weighted by Crippen LogP contribution is -2.46. The molecule has 18 heavy (non-hydrogen) atoms. The molecule has 0 saturated carbocycles. The summed E-state index contributed by atoms with van der Waals surface area (Å²) in [5, 5.41) is 0.652. The van der Waals surface area contributed by atoms with Gasteiger partial charge in [-0.25, -0.2) is 4.98 Å². The standard InChI is InChI=1S/C14H20Cl2N2/c1-9-6-10(2)11(3)18(8-9)14-5-4-12(16)13(7-15)17-14/h4-5,9-11H,6-8H2,1-3H3. The average Bonchev–Trinajstić information content (AvgIpc) is 2.34. The van der Waals surface area contributed by atoms with Gasteiger partial charge < -0.3 is 4.90 Å². The second kappa shape index (κ2) is 5.66. The Morgan fingerprint density at radius 3 is 2.72 bits per heavy atom. The van der Waals surface area contributed by atoms with E-state index in [0.717, 1.165) is 18.1 Å². The summed E-state index contributed by atoms with van der Waals surface area (Å²) in [5.74, 6) is 2.75. The Kier molecular flexibility index (Phi) is 4.39. The highest BCUT2D eigenvalue weighted by atomic mass is 35.5. The van der Waals surface area contributed by atoms with Crippen LogP contribution in [-0.2, 0) is 5.88 Å². The monoisotopic (exact) mass is 286 g/mol. The van der Waals surface area contributed by atoms with E-state index in [1.54, 1.807) is 0 Å². The molecule has 0 N–H and O–H groups in total. The molecule has 4 heteroatoms. The molecule has 1 saturated heterocycles. The molecule has 1 aliphatic heterocycles. The number of rotatable bonds is 2. The summed E-state index contributed by atoms with van der Waals surface area (Å²) in [6, 6.07) is 4.41. The summed E-state index contributed by atoms with van der Waals surface area (Å²) >= 11 is 11.9. The maximum absolute atomic E-state index is 6.06. The summed E-state index contributed by atoms with van der Waals surface area (Å²) in [5.41, 5.74) is 0.772. The molecular weight excluding hydrogens is 267 g/mol. The third kappa shape index (κ3) is 2.75. The Hall–Kier alpha value is -0.470. The van der Waals surface area contributed by atoms with Crippen molar-refractivity contribution in [2.24, 2.45) is 11.8 Å². The van der Waals surface area contributed by atoms with E-state index in [4.69, 9.17) is 23.2 Å². The summed E-state index contributed by atoms with van der Waals surface area (Å²) < 4.78 is 0. The Balaban J connectivity index is 2.29. The van der Waals surface area contributed by atoms with Gasteiger partial charge in [0.25, 0.3) is 0 Å². The Labute approximate surface area is 119 Å². The van der Waals surface area contributed by atoms with Crippen molar-refractivity contribution in [3.63, 3.8) is 0 Å². The number of alkyl halides is 1. The number of pyridine rings is 1. The van der Waals surface area contributed by atoms with Crippen LogP contribution in [0.5, 0.6) is 0 Å². The highest BCUT2D eigenvalue weighted by Crippen LogP contribution is 2.31. The zero-order chi connectivity index (χ0) is 13.3. The van der Waals surface area contributed by atoms with Crippen molar-refractivity contribution in [1.82, 2.24) is 4.98 Å². The van der Waals surface area contributed by atoms with E-state index in [1.165, 1.54) is 6.42 Å². The van der Waals surface area contributed by atoms with Gasteiger partial charge in [-0.2, -0.15) is 0 Å². The van der Waals surface area contributed by atoms with Crippen molar-refractivity contribution in [1.29, 1.82) is 0 Å². The molecule has 0 bridgehead atoms. The van der Waals surface area contributed by atoms with Crippen molar-refractivity contribution in [2.45, 2.75) is 39.1 Å². The Bertz CT molecular complexity index is 422. The smallest absolute Gasteiger partial charge is 0.129 e. The Morgan fingerprint density at radius 1 is 1.33 bits per heavy atom. The van der Waals surface area contributed by atoms with Crippen molar-refractivity contribution in [2.75, 3.05) is 11.4 Å². The van der Waals surface area contributed by atoms with Gasteiger partial charge in [0.05, 0.1) is 16.6 Å². The number of nitrogens with zero attached hydrogens (tertiary/aromatic N) is 2. The van der Waals surface area contributed by atoms with Crippen LogP contribution in [0.25, 0.3) is 0 Å². The van der Waals surface area contributed by atoms with Gasteiger partial charge in [0.15, 0.2) is 0 Å². The van der Waals surface area contributed by atoms with E-state index in [2.05, 4.69) is 30.7 Å². The lowest BCUT2D eigenvalue weighted by atomic mass is 9.86. The minimum atomic E-state index is 0.361. The van der Waals surface area contributed by atoms with E-state index < -0.39 is 0 Å². The first-order valence-corrected chi connectivity index (χ1v) is 7.42. The summed E-state index contributed by atoms with van der Waals surface area (Å²) in [6.45, 7) is 7.94. The minimum Gasteiger partial charge on any atom is -0.353 e. The number of piperidine rings is 1. The van der Waals surface area contributed by atoms with E-state index >= 15 is 0 Å². The quantitative estimate of drug-likeness (QED) is 0.752. The Morgan fingerprint density at radius 2 is 2.06 bits per heavy atom. The van der Waals surface area contributed by atoms with Gasteiger partial charge in [0, 0.05) is 12.6 Å². The van der Waals surface area contributed by atoms with Crippen molar-refractivity contribution in [3.05, 3.63) is 22.8 Å². The maximum atomic E-state index is 6.06. The fraction of sp³-hybridized carbons (Fsp3) is 0.643. The van der Waals surface area contributed by atoms with Crippen LogP contribution in [0.3, 0.4) is 0 Å². The van der Waals surface area contributed by atoms with Crippen LogP contribution in [0.15, 0.2) is 12.1 Å². The largest absolute Gasteiger partial charge is 0.353 e. The third-order valence-electron chi connectivity index (χ3n) is 3.92. The summed E-state index contributed by atoms with van der Waals surface area (Å²) in [6.07, 6.45) is 1.29. The van der Waals surface area contributed by atoms with Crippen molar-refractivity contribution < 1.29 is 0 Å². The molecular formula is C14H20Cl2N2. The second-order valence-electron chi connectivity index (χ2n) is 5.44. The fourth-order valence-corrected chi connectivity index (χ4v) is 3.19. The fourth-order valence-electron chi connectivity index (χ4n) is 2.74. The number of hydrogen-bond donors (Lipinski definition) is 0. The zero-order valence-electron chi connectivity index (χ0n) is 11.2. The van der Waals surface area contributed by atoms with Gasteiger partial charge in [0.1, 0.15) is 5.82 Å². The third-order valence-corrected chi connectivity index (χ3v) is 4.52.